The first kappa shape index (κ1) is 22.7. The van der Waals surface area contributed by atoms with Gasteiger partial charge in [-0.1, -0.05) is 44.2 Å². The standard InChI is InChI=1S/C24H30N2O5/c1-15-10-9-11-16(2)19(15)21(28)26-18(22(29)31-24(3,4)5)14-25(23(26)30)20(27)17-12-7-6-8-13-17/h6-10,12-13,15-16,18-19H,11,14H2,1-5H3/t15-,16-,18-,19-/m0/s1. The molecule has 1 heterocycles. The lowest BCUT2D eigenvalue weighted by molar-refractivity contribution is -0.162. The van der Waals surface area contributed by atoms with Gasteiger partial charge in [-0.2, -0.15) is 0 Å². The number of benzene rings is 1. The predicted octanol–water partition coefficient (Wildman–Crippen LogP) is 3.65. The van der Waals surface area contributed by atoms with Gasteiger partial charge in [0.05, 0.1) is 6.54 Å². The minimum atomic E-state index is -1.17. The summed E-state index contributed by atoms with van der Waals surface area (Å²) >= 11 is 0. The van der Waals surface area contributed by atoms with Crippen LogP contribution in [0.15, 0.2) is 42.5 Å². The molecule has 0 unspecified atom stereocenters. The third-order valence-electron chi connectivity index (χ3n) is 5.70. The number of rotatable bonds is 3. The van der Waals surface area contributed by atoms with Crippen molar-refractivity contribution in [2.24, 2.45) is 17.8 Å². The highest BCUT2D eigenvalue weighted by atomic mass is 16.6. The lowest BCUT2D eigenvalue weighted by Crippen LogP contribution is -2.50. The number of esters is 1. The molecule has 7 heteroatoms. The molecule has 0 N–H and O–H groups in total. The van der Waals surface area contributed by atoms with Gasteiger partial charge >= 0.3 is 12.0 Å². The van der Waals surface area contributed by atoms with Gasteiger partial charge in [0.1, 0.15) is 5.60 Å². The van der Waals surface area contributed by atoms with Crippen LogP contribution in [0.5, 0.6) is 0 Å². The molecule has 1 saturated heterocycles. The maximum absolute atomic E-state index is 13.5. The van der Waals surface area contributed by atoms with Gasteiger partial charge in [0, 0.05) is 11.5 Å². The van der Waals surface area contributed by atoms with Crippen molar-refractivity contribution in [2.75, 3.05) is 6.54 Å². The molecule has 3 rings (SSSR count). The fourth-order valence-corrected chi connectivity index (χ4v) is 4.22. The first-order valence-electron chi connectivity index (χ1n) is 10.6. The first-order valence-corrected chi connectivity index (χ1v) is 10.6. The highest BCUT2D eigenvalue weighted by Gasteiger charge is 2.51. The predicted molar refractivity (Wildman–Crippen MR) is 115 cm³/mol. The van der Waals surface area contributed by atoms with E-state index >= 15 is 0 Å². The molecular weight excluding hydrogens is 396 g/mol. The third-order valence-corrected chi connectivity index (χ3v) is 5.70. The fraction of sp³-hybridized carbons (Fsp3) is 0.500. The maximum atomic E-state index is 13.5. The van der Waals surface area contributed by atoms with Crippen molar-refractivity contribution in [1.82, 2.24) is 9.80 Å². The van der Waals surface area contributed by atoms with E-state index in [4.69, 9.17) is 4.74 Å². The monoisotopic (exact) mass is 426 g/mol. The van der Waals surface area contributed by atoms with Crippen molar-refractivity contribution in [3.05, 3.63) is 48.0 Å². The van der Waals surface area contributed by atoms with E-state index in [1.54, 1.807) is 51.1 Å². The Kier molecular flexibility index (Phi) is 6.34. The molecule has 31 heavy (non-hydrogen) atoms. The largest absolute Gasteiger partial charge is 0.458 e. The van der Waals surface area contributed by atoms with E-state index in [0.29, 0.717) is 12.0 Å². The van der Waals surface area contributed by atoms with Crippen molar-refractivity contribution >= 4 is 23.8 Å². The van der Waals surface area contributed by atoms with E-state index in [1.807, 2.05) is 26.0 Å². The van der Waals surface area contributed by atoms with Gasteiger partial charge in [-0.05, 0) is 51.2 Å². The third kappa shape index (κ3) is 4.70. The summed E-state index contributed by atoms with van der Waals surface area (Å²) in [5.41, 5.74) is -0.477. The van der Waals surface area contributed by atoms with E-state index < -0.39 is 41.4 Å². The van der Waals surface area contributed by atoms with Gasteiger partial charge in [-0.3, -0.25) is 14.5 Å². The van der Waals surface area contributed by atoms with E-state index in [0.717, 1.165) is 9.80 Å². The van der Waals surface area contributed by atoms with Crippen LogP contribution in [-0.2, 0) is 14.3 Å². The number of carbonyl (C=O) groups is 4. The molecule has 1 fully saturated rings. The molecule has 0 spiro atoms. The Morgan fingerprint density at radius 3 is 2.29 bits per heavy atom. The number of nitrogens with zero attached hydrogens (tertiary/aromatic N) is 2. The number of carbonyl (C=O) groups excluding carboxylic acids is 4. The molecule has 0 radical (unpaired) electrons. The van der Waals surface area contributed by atoms with Crippen molar-refractivity contribution < 1.29 is 23.9 Å². The van der Waals surface area contributed by atoms with Crippen molar-refractivity contribution in [3.8, 4) is 0 Å². The van der Waals surface area contributed by atoms with E-state index in [1.165, 1.54) is 0 Å². The molecule has 2 aliphatic rings. The zero-order chi connectivity index (χ0) is 22.9. The normalized spacial score (nSPS) is 26.2. The molecule has 0 bridgehead atoms. The first-order chi connectivity index (χ1) is 14.5. The minimum Gasteiger partial charge on any atom is -0.458 e. The van der Waals surface area contributed by atoms with Crippen molar-refractivity contribution in [3.63, 3.8) is 0 Å². The summed E-state index contributed by atoms with van der Waals surface area (Å²) in [4.78, 5) is 54.7. The molecule has 1 aromatic carbocycles. The number of hydrogen-bond acceptors (Lipinski definition) is 5. The summed E-state index contributed by atoms with van der Waals surface area (Å²) in [6.07, 6.45) is 4.70. The van der Waals surface area contributed by atoms with Gasteiger partial charge in [0.25, 0.3) is 5.91 Å². The minimum absolute atomic E-state index is 0.0125. The topological polar surface area (TPSA) is 84.0 Å². The van der Waals surface area contributed by atoms with Gasteiger partial charge in [0.2, 0.25) is 5.91 Å². The van der Waals surface area contributed by atoms with Crippen LogP contribution >= 0.6 is 0 Å². The lowest BCUT2D eigenvalue weighted by atomic mass is 9.76. The second-order valence-corrected chi connectivity index (χ2v) is 9.35. The van der Waals surface area contributed by atoms with Crippen LogP contribution in [0.25, 0.3) is 0 Å². The van der Waals surface area contributed by atoms with Gasteiger partial charge in [-0.15, -0.1) is 0 Å². The maximum Gasteiger partial charge on any atom is 0.334 e. The van der Waals surface area contributed by atoms with Crippen LogP contribution in [0.4, 0.5) is 4.79 Å². The summed E-state index contributed by atoms with van der Waals surface area (Å²) in [6.45, 7) is 8.81. The molecule has 0 aromatic heterocycles. The van der Waals surface area contributed by atoms with Gasteiger partial charge in [-0.25, -0.2) is 14.5 Å². The highest BCUT2D eigenvalue weighted by molar-refractivity contribution is 6.12. The number of ether oxygens (including phenoxy) is 1. The average molecular weight is 427 g/mol. The average Bonchev–Trinajstić information content (AvgIpc) is 3.04. The van der Waals surface area contributed by atoms with Gasteiger partial charge < -0.3 is 4.74 Å². The highest BCUT2D eigenvalue weighted by Crippen LogP contribution is 2.34. The van der Waals surface area contributed by atoms with Crippen molar-refractivity contribution in [2.45, 2.75) is 52.7 Å². The zero-order valence-corrected chi connectivity index (χ0v) is 18.7. The van der Waals surface area contributed by atoms with Crippen LogP contribution in [-0.4, -0.2) is 51.8 Å². The molecule has 0 saturated carbocycles. The van der Waals surface area contributed by atoms with Crippen molar-refractivity contribution in [1.29, 1.82) is 0 Å². The SMILES string of the molecule is C[C@H]1C=CC[C@H](C)[C@H]1C(=O)N1C(=O)N(C(=O)c2ccccc2)C[C@H]1C(=O)OC(C)(C)C. The Balaban J connectivity index is 1.95. The molecule has 7 nitrogen and oxygen atoms in total. The zero-order valence-electron chi connectivity index (χ0n) is 18.7. The van der Waals surface area contributed by atoms with E-state index in [-0.39, 0.29) is 18.4 Å². The molecule has 4 amide bonds. The Bertz CT molecular complexity index is 902. The summed E-state index contributed by atoms with van der Waals surface area (Å²) in [7, 11) is 0. The molecular formula is C24H30N2O5. The Labute approximate surface area is 183 Å². The van der Waals surface area contributed by atoms with Crippen LogP contribution in [0.2, 0.25) is 0 Å². The Morgan fingerprint density at radius 2 is 1.71 bits per heavy atom. The van der Waals surface area contributed by atoms with Crippen LogP contribution < -0.4 is 0 Å². The summed E-state index contributed by atoms with van der Waals surface area (Å²) in [5.74, 6) is -2.19. The van der Waals surface area contributed by atoms with E-state index in [2.05, 4.69) is 0 Å². The second kappa shape index (κ2) is 8.65. The molecule has 1 aliphatic heterocycles. The molecule has 4 atom stereocenters. The number of amides is 4. The summed E-state index contributed by atoms with van der Waals surface area (Å²) < 4.78 is 5.49. The Hall–Kier alpha value is -2.96. The second-order valence-electron chi connectivity index (χ2n) is 9.35. The number of imide groups is 2. The van der Waals surface area contributed by atoms with Crippen LogP contribution in [0.3, 0.4) is 0 Å². The molecule has 1 aliphatic carbocycles. The summed E-state index contributed by atoms with van der Waals surface area (Å²) in [6, 6.07) is 6.40. The van der Waals surface area contributed by atoms with Gasteiger partial charge in [0.15, 0.2) is 6.04 Å². The van der Waals surface area contributed by atoms with E-state index in [9.17, 15) is 19.2 Å². The molecule has 1 aromatic rings. The number of allylic oxidation sites excluding steroid dienone is 2. The molecule has 166 valence electrons. The van der Waals surface area contributed by atoms with Crippen LogP contribution in [0.1, 0.15) is 51.4 Å². The number of hydrogen-bond donors (Lipinski definition) is 0. The summed E-state index contributed by atoms with van der Waals surface area (Å²) in [5, 5.41) is 0. The smallest absolute Gasteiger partial charge is 0.334 e. The lowest BCUT2D eigenvalue weighted by Gasteiger charge is -2.34. The quantitative estimate of drug-likeness (QED) is 0.544. The fourth-order valence-electron chi connectivity index (χ4n) is 4.22. The number of urea groups is 1. The van der Waals surface area contributed by atoms with Crippen LogP contribution in [0, 0.1) is 17.8 Å². The Morgan fingerprint density at radius 1 is 1.06 bits per heavy atom.